The van der Waals surface area contributed by atoms with E-state index in [9.17, 15) is 5.11 Å². The number of hydrogen-bond acceptors (Lipinski definition) is 5. The van der Waals surface area contributed by atoms with Crippen LogP contribution in [-0.4, -0.2) is 46.8 Å². The Morgan fingerprint density at radius 3 is 2.38 bits per heavy atom. The maximum atomic E-state index is 9.90. The molecule has 1 N–H and O–H groups in total. The van der Waals surface area contributed by atoms with Gasteiger partial charge in [-0.25, -0.2) is 0 Å². The third-order valence-electron chi connectivity index (χ3n) is 3.15. The molecule has 2 rings (SSSR count). The Balaban J connectivity index is 2.34. The van der Waals surface area contributed by atoms with Crippen LogP contribution < -0.4 is 0 Å². The van der Waals surface area contributed by atoms with Crippen LogP contribution >= 0.6 is 0 Å². The Bertz CT molecular complexity index is 730. The number of hydrogen-bond donors (Lipinski definition) is 1. The van der Waals surface area contributed by atoms with E-state index in [1.807, 2.05) is 37.3 Å². The minimum atomic E-state index is -2.50. The van der Waals surface area contributed by atoms with Crippen molar-refractivity contribution < 1.29 is 11.3 Å². The number of benzene rings is 2. The fraction of sp³-hybridized carbons (Fsp3) is 0.294. The summed E-state index contributed by atoms with van der Waals surface area (Å²) in [5, 5.41) is 18.4. The summed E-state index contributed by atoms with van der Waals surface area (Å²) < 4.78 is 11.8. The molecule has 0 aromatic heterocycles. The first-order valence-electron chi connectivity index (χ1n) is 7.60. The van der Waals surface area contributed by atoms with Crippen molar-refractivity contribution >= 4 is 53.1 Å². The van der Waals surface area contributed by atoms with Crippen molar-refractivity contribution in [3.05, 3.63) is 53.6 Å². The molecule has 0 saturated heterocycles. The van der Waals surface area contributed by atoms with Gasteiger partial charge >= 0.3 is 162 Å². The number of azo groups is 1. The van der Waals surface area contributed by atoms with Crippen LogP contribution in [-0.2, 0) is 6.15 Å². The summed E-state index contributed by atoms with van der Waals surface area (Å²) in [6, 6.07) is 12.9. The van der Waals surface area contributed by atoms with Gasteiger partial charge in [-0.3, -0.25) is 0 Å². The fourth-order valence-corrected chi connectivity index (χ4v) is 5.69. The van der Waals surface area contributed by atoms with E-state index in [0.29, 0.717) is 11.4 Å². The summed E-state index contributed by atoms with van der Waals surface area (Å²) in [5.41, 5.74) is 3.00. The number of rotatable bonds is 6. The zero-order chi connectivity index (χ0) is 17.7. The Kier molecular flexibility index (Phi) is 7.08. The van der Waals surface area contributed by atoms with Gasteiger partial charge < -0.3 is 0 Å². The number of aromatic hydroxyl groups is 1. The SMILES string of the molecule is Cc1ccc(O)c(N=Nc2ccccc2C([O][Sn])[O][Sn]([CH3])([CH3])[CH3])c1. The Hall–Kier alpha value is -0.643. The molecule has 7 heteroatoms. The van der Waals surface area contributed by atoms with Crippen LogP contribution in [0.4, 0.5) is 11.4 Å². The molecule has 2 aromatic rings. The summed E-state index contributed by atoms with van der Waals surface area (Å²) in [5.74, 6) is 0.108. The van der Waals surface area contributed by atoms with Crippen LogP contribution in [0.3, 0.4) is 0 Å². The van der Waals surface area contributed by atoms with Crippen molar-refractivity contribution in [1.82, 2.24) is 0 Å². The van der Waals surface area contributed by atoms with Gasteiger partial charge in [-0.15, -0.1) is 0 Å². The van der Waals surface area contributed by atoms with Crippen LogP contribution in [0.2, 0.25) is 14.8 Å². The molecule has 0 heterocycles. The van der Waals surface area contributed by atoms with E-state index in [2.05, 4.69) is 25.0 Å². The van der Waals surface area contributed by atoms with Gasteiger partial charge in [-0.1, -0.05) is 0 Å². The van der Waals surface area contributed by atoms with Gasteiger partial charge in [-0.2, -0.15) is 0 Å². The molecule has 1 unspecified atom stereocenters. The Morgan fingerprint density at radius 1 is 1.04 bits per heavy atom. The van der Waals surface area contributed by atoms with Crippen molar-refractivity contribution in [1.29, 1.82) is 0 Å². The number of phenolic OH excluding ortho intramolecular Hbond substituents is 1. The quantitative estimate of drug-likeness (QED) is 0.317. The van der Waals surface area contributed by atoms with Gasteiger partial charge in [0, 0.05) is 0 Å². The van der Waals surface area contributed by atoms with Crippen LogP contribution in [0.25, 0.3) is 0 Å². The molecular weight excluding hydrogens is 518 g/mol. The van der Waals surface area contributed by atoms with Crippen molar-refractivity contribution in [3.63, 3.8) is 0 Å². The van der Waals surface area contributed by atoms with Gasteiger partial charge in [0.15, 0.2) is 0 Å². The maximum absolute atomic E-state index is 9.90. The van der Waals surface area contributed by atoms with Crippen LogP contribution in [0.5, 0.6) is 5.75 Å². The first-order valence-corrected chi connectivity index (χ1v) is 18.5. The molecule has 0 aliphatic heterocycles. The van der Waals surface area contributed by atoms with E-state index >= 15 is 0 Å². The molecule has 0 aliphatic rings. The van der Waals surface area contributed by atoms with Gasteiger partial charge in [0.1, 0.15) is 0 Å². The Morgan fingerprint density at radius 2 is 1.71 bits per heavy atom. The fourth-order valence-electron chi connectivity index (χ4n) is 2.07. The second-order valence-corrected chi connectivity index (χ2v) is 19.8. The number of nitrogens with zero attached hydrogens (tertiary/aromatic N) is 2. The summed E-state index contributed by atoms with van der Waals surface area (Å²) in [7, 11) is 0. The van der Waals surface area contributed by atoms with E-state index in [0.717, 1.165) is 34.1 Å². The second kappa shape index (κ2) is 8.64. The van der Waals surface area contributed by atoms with Crippen LogP contribution in [0.15, 0.2) is 52.7 Å². The van der Waals surface area contributed by atoms with Gasteiger partial charge in [0.25, 0.3) is 0 Å². The zero-order valence-electron chi connectivity index (χ0n) is 14.3. The summed E-state index contributed by atoms with van der Waals surface area (Å²) >= 11 is -1.56. The topological polar surface area (TPSA) is 63.4 Å². The third-order valence-corrected chi connectivity index (χ3v) is 6.39. The summed E-state index contributed by atoms with van der Waals surface area (Å²) in [4.78, 5) is 6.56. The predicted molar refractivity (Wildman–Crippen MR) is 97.5 cm³/mol. The Labute approximate surface area is 161 Å². The standard InChI is InChI=1S/C14H12N2O3.3CH3.2Sn/c1-9-6-7-13(17)12(8-9)16-15-11-5-3-2-4-10(11)14(18)19;;;;;/h2-8,14,17H,1H3;3*1H3;;/q-2;;;;2*+1. The van der Waals surface area contributed by atoms with E-state index in [-0.39, 0.29) is 5.75 Å². The second-order valence-electron chi connectivity index (χ2n) is 6.43. The van der Waals surface area contributed by atoms with Crippen molar-refractivity contribution in [2.45, 2.75) is 28.0 Å². The third kappa shape index (κ3) is 5.71. The van der Waals surface area contributed by atoms with Crippen molar-refractivity contribution in [3.8, 4) is 5.75 Å². The van der Waals surface area contributed by atoms with Crippen LogP contribution in [0.1, 0.15) is 17.4 Å². The van der Waals surface area contributed by atoms with E-state index in [4.69, 9.17) is 6.15 Å². The molecule has 3 radical (unpaired) electrons. The van der Waals surface area contributed by atoms with E-state index in [1.165, 1.54) is 0 Å². The molecule has 0 amide bonds. The van der Waals surface area contributed by atoms with Crippen molar-refractivity contribution in [2.75, 3.05) is 0 Å². The molecule has 5 nitrogen and oxygen atoms in total. The zero-order valence-corrected chi connectivity index (χ0v) is 20.0. The average Bonchev–Trinajstić information content (AvgIpc) is 2.53. The normalized spacial score (nSPS) is 13.4. The average molecular weight is 539 g/mol. The number of aryl methyl sites for hydroxylation is 1. The first kappa shape index (κ1) is 19.7. The molecular formula is C17H21N2O3Sn2. The van der Waals surface area contributed by atoms with E-state index < -0.39 is 25.1 Å². The monoisotopic (exact) mass is 541 g/mol. The predicted octanol–water partition coefficient (Wildman–Crippen LogP) is 5.07. The summed E-state index contributed by atoms with van der Waals surface area (Å²) in [6.45, 7) is 1.94. The van der Waals surface area contributed by atoms with Gasteiger partial charge in [-0.05, 0) is 0 Å². The van der Waals surface area contributed by atoms with E-state index in [1.54, 1.807) is 12.1 Å². The molecule has 2 aromatic carbocycles. The molecule has 0 aliphatic carbocycles. The molecule has 24 heavy (non-hydrogen) atoms. The molecule has 0 spiro atoms. The number of phenols is 1. The first-order chi connectivity index (χ1) is 11.3. The summed E-state index contributed by atoms with van der Waals surface area (Å²) in [6.07, 6.45) is -0.416. The molecule has 0 saturated carbocycles. The molecule has 125 valence electrons. The molecule has 1 atom stereocenters. The minimum absolute atomic E-state index is 0.108. The molecule has 0 bridgehead atoms. The van der Waals surface area contributed by atoms with Gasteiger partial charge in [0.2, 0.25) is 0 Å². The van der Waals surface area contributed by atoms with Crippen molar-refractivity contribution in [2.24, 2.45) is 10.2 Å². The van der Waals surface area contributed by atoms with Gasteiger partial charge in [0.05, 0.1) is 0 Å². The van der Waals surface area contributed by atoms with Crippen LogP contribution in [0, 0.1) is 6.92 Å². The molecule has 0 fully saturated rings.